The molecule has 0 unspecified atom stereocenters. The van der Waals surface area contributed by atoms with E-state index in [1.54, 1.807) is 34.1 Å². The Morgan fingerprint density at radius 3 is 3.00 bits per heavy atom. The summed E-state index contributed by atoms with van der Waals surface area (Å²) >= 11 is 0. The maximum Gasteiger partial charge on any atom is 0.289 e. The lowest BCUT2D eigenvalue weighted by Crippen LogP contribution is -2.50. The van der Waals surface area contributed by atoms with Crippen molar-refractivity contribution in [3.63, 3.8) is 0 Å². The molecular formula is C10H10N4O2. The summed E-state index contributed by atoms with van der Waals surface area (Å²) in [7, 11) is 0. The molecule has 0 atom stereocenters. The van der Waals surface area contributed by atoms with E-state index in [2.05, 4.69) is 10.3 Å². The van der Waals surface area contributed by atoms with Gasteiger partial charge in [0, 0.05) is 19.3 Å². The van der Waals surface area contributed by atoms with E-state index in [9.17, 15) is 4.79 Å². The van der Waals surface area contributed by atoms with Gasteiger partial charge < -0.3 is 9.32 Å². The number of hydrogen-bond donors (Lipinski definition) is 0. The number of aromatic nitrogens is 3. The second-order valence-corrected chi connectivity index (χ2v) is 3.72. The minimum absolute atomic E-state index is 0.0682. The molecule has 1 amide bonds. The number of carbonyl (C=O) groups is 1. The smallest absolute Gasteiger partial charge is 0.289 e. The van der Waals surface area contributed by atoms with Crippen molar-refractivity contribution in [2.24, 2.45) is 0 Å². The summed E-state index contributed by atoms with van der Waals surface area (Å²) in [6.45, 7) is 1.31. The van der Waals surface area contributed by atoms with E-state index >= 15 is 0 Å². The minimum atomic E-state index is -0.0682. The summed E-state index contributed by atoms with van der Waals surface area (Å²) in [5, 5.41) is 7.64. The molecule has 0 saturated carbocycles. The molecule has 1 saturated heterocycles. The van der Waals surface area contributed by atoms with Gasteiger partial charge in [-0.05, 0) is 12.1 Å². The van der Waals surface area contributed by atoms with E-state index in [1.165, 1.54) is 6.26 Å². The fourth-order valence-corrected chi connectivity index (χ4v) is 1.76. The van der Waals surface area contributed by atoms with Gasteiger partial charge in [0.25, 0.3) is 5.91 Å². The van der Waals surface area contributed by atoms with Crippen molar-refractivity contribution in [2.45, 2.75) is 6.04 Å². The fraction of sp³-hybridized carbons (Fsp3) is 0.300. The van der Waals surface area contributed by atoms with Gasteiger partial charge in [-0.15, -0.1) is 5.10 Å². The first kappa shape index (κ1) is 9.14. The fourth-order valence-electron chi connectivity index (χ4n) is 1.76. The molecule has 0 N–H and O–H groups in total. The Bertz CT molecular complexity index is 471. The largest absolute Gasteiger partial charge is 0.459 e. The van der Waals surface area contributed by atoms with E-state index in [4.69, 9.17) is 4.42 Å². The highest BCUT2D eigenvalue weighted by Gasteiger charge is 2.33. The lowest BCUT2D eigenvalue weighted by molar-refractivity contribution is 0.0467. The Hall–Kier alpha value is -2.11. The first-order chi connectivity index (χ1) is 7.84. The van der Waals surface area contributed by atoms with Crippen LogP contribution in [0.1, 0.15) is 16.6 Å². The van der Waals surface area contributed by atoms with E-state index < -0.39 is 0 Å². The van der Waals surface area contributed by atoms with Crippen molar-refractivity contribution in [2.75, 3.05) is 13.1 Å². The van der Waals surface area contributed by atoms with Crippen molar-refractivity contribution in [1.82, 2.24) is 19.9 Å². The predicted octanol–water partition coefficient (Wildman–Crippen LogP) is 0.568. The van der Waals surface area contributed by atoms with Gasteiger partial charge in [0.1, 0.15) is 0 Å². The molecule has 0 radical (unpaired) electrons. The molecule has 1 aliphatic heterocycles. The van der Waals surface area contributed by atoms with Gasteiger partial charge in [0.05, 0.1) is 18.5 Å². The van der Waals surface area contributed by atoms with E-state index in [-0.39, 0.29) is 11.9 Å². The van der Waals surface area contributed by atoms with Gasteiger partial charge in [0.15, 0.2) is 5.76 Å². The number of nitrogens with zero attached hydrogens (tertiary/aromatic N) is 4. The van der Waals surface area contributed by atoms with Crippen molar-refractivity contribution < 1.29 is 9.21 Å². The molecule has 0 spiro atoms. The van der Waals surface area contributed by atoms with E-state index in [1.807, 2.05) is 0 Å². The molecule has 1 aliphatic rings. The first-order valence-corrected chi connectivity index (χ1v) is 5.03. The zero-order valence-electron chi connectivity index (χ0n) is 8.48. The number of likely N-dealkylation sites (tertiary alicyclic amines) is 1. The summed E-state index contributed by atoms with van der Waals surface area (Å²) in [5.74, 6) is 0.318. The molecule has 3 heterocycles. The van der Waals surface area contributed by atoms with Gasteiger partial charge in [-0.1, -0.05) is 5.21 Å². The second kappa shape index (κ2) is 3.48. The Kier molecular flexibility index (Phi) is 1.99. The molecular weight excluding hydrogens is 208 g/mol. The van der Waals surface area contributed by atoms with Gasteiger partial charge in [-0.2, -0.15) is 0 Å². The first-order valence-electron chi connectivity index (χ1n) is 5.03. The highest BCUT2D eigenvalue weighted by atomic mass is 16.3. The van der Waals surface area contributed by atoms with Crippen LogP contribution < -0.4 is 0 Å². The highest BCUT2D eigenvalue weighted by Crippen LogP contribution is 2.22. The topological polar surface area (TPSA) is 64.2 Å². The molecule has 3 rings (SSSR count). The Morgan fingerprint density at radius 1 is 1.50 bits per heavy atom. The molecule has 2 aromatic rings. The van der Waals surface area contributed by atoms with Gasteiger partial charge in [-0.3, -0.25) is 4.79 Å². The van der Waals surface area contributed by atoms with Crippen LogP contribution in [0.5, 0.6) is 0 Å². The summed E-state index contributed by atoms with van der Waals surface area (Å²) in [6.07, 6.45) is 4.94. The van der Waals surface area contributed by atoms with Crippen LogP contribution >= 0.6 is 0 Å². The second-order valence-electron chi connectivity index (χ2n) is 3.72. The van der Waals surface area contributed by atoms with E-state index in [0.29, 0.717) is 18.8 Å². The summed E-state index contributed by atoms with van der Waals surface area (Å²) in [5.41, 5.74) is 0. The van der Waals surface area contributed by atoms with Crippen LogP contribution in [0.15, 0.2) is 35.2 Å². The maximum atomic E-state index is 11.8. The maximum absolute atomic E-state index is 11.8. The lowest BCUT2D eigenvalue weighted by Gasteiger charge is -2.38. The van der Waals surface area contributed by atoms with Gasteiger partial charge in [0.2, 0.25) is 0 Å². The number of furan rings is 1. The predicted molar refractivity (Wildman–Crippen MR) is 53.7 cm³/mol. The minimum Gasteiger partial charge on any atom is -0.459 e. The molecule has 2 aromatic heterocycles. The van der Waals surface area contributed by atoms with Crippen molar-refractivity contribution in [1.29, 1.82) is 0 Å². The van der Waals surface area contributed by atoms with Crippen LogP contribution in [0.2, 0.25) is 0 Å². The van der Waals surface area contributed by atoms with Crippen LogP contribution in [0.3, 0.4) is 0 Å². The molecule has 16 heavy (non-hydrogen) atoms. The molecule has 0 aliphatic carbocycles. The summed E-state index contributed by atoms with van der Waals surface area (Å²) in [4.78, 5) is 13.5. The van der Waals surface area contributed by atoms with Crippen molar-refractivity contribution in [3.05, 3.63) is 36.5 Å². The monoisotopic (exact) mass is 218 g/mol. The number of carbonyl (C=O) groups excluding carboxylic acids is 1. The Morgan fingerprint density at radius 2 is 2.38 bits per heavy atom. The van der Waals surface area contributed by atoms with Gasteiger partial charge >= 0.3 is 0 Å². The third-order valence-electron chi connectivity index (χ3n) is 2.70. The summed E-state index contributed by atoms with van der Waals surface area (Å²) in [6, 6.07) is 3.62. The zero-order chi connectivity index (χ0) is 11.0. The molecule has 0 aromatic carbocycles. The van der Waals surface area contributed by atoms with Crippen LogP contribution in [-0.4, -0.2) is 38.9 Å². The van der Waals surface area contributed by atoms with Crippen LogP contribution in [0.4, 0.5) is 0 Å². The zero-order valence-corrected chi connectivity index (χ0v) is 8.48. The average Bonchev–Trinajstić information content (AvgIpc) is 2.88. The normalized spacial score (nSPS) is 16.1. The van der Waals surface area contributed by atoms with Crippen molar-refractivity contribution in [3.8, 4) is 0 Å². The molecule has 0 bridgehead atoms. The molecule has 6 nitrogen and oxygen atoms in total. The number of amides is 1. The quantitative estimate of drug-likeness (QED) is 0.739. The number of hydrogen-bond acceptors (Lipinski definition) is 4. The molecule has 1 fully saturated rings. The Balaban J connectivity index is 1.64. The molecule has 6 heteroatoms. The van der Waals surface area contributed by atoms with Crippen LogP contribution in [0.25, 0.3) is 0 Å². The number of rotatable bonds is 2. The lowest BCUT2D eigenvalue weighted by atomic mass is 10.1. The third kappa shape index (κ3) is 1.39. The summed E-state index contributed by atoms with van der Waals surface area (Å²) < 4.78 is 6.82. The Labute approximate surface area is 91.5 Å². The van der Waals surface area contributed by atoms with Gasteiger partial charge in [-0.25, -0.2) is 4.68 Å². The van der Waals surface area contributed by atoms with Crippen molar-refractivity contribution >= 4 is 5.91 Å². The van der Waals surface area contributed by atoms with Crippen LogP contribution in [0, 0.1) is 0 Å². The third-order valence-corrected chi connectivity index (χ3v) is 2.70. The average molecular weight is 218 g/mol. The van der Waals surface area contributed by atoms with Crippen LogP contribution in [-0.2, 0) is 0 Å². The SMILES string of the molecule is O=C(c1ccco1)N1CC(n2ccnn2)C1. The standard InChI is InChI=1S/C10H10N4O2/c15-10(9-2-1-5-16-9)13-6-8(7-13)14-4-3-11-12-14/h1-5,8H,6-7H2. The van der Waals surface area contributed by atoms with E-state index in [0.717, 1.165) is 0 Å². The highest BCUT2D eigenvalue weighted by molar-refractivity contribution is 5.92. The molecule has 82 valence electrons.